The van der Waals surface area contributed by atoms with Crippen LogP contribution in [0.25, 0.3) is 10.2 Å². The highest BCUT2D eigenvalue weighted by Gasteiger charge is 2.21. The van der Waals surface area contributed by atoms with Crippen LogP contribution in [-0.4, -0.2) is 21.0 Å². The number of esters is 1. The van der Waals surface area contributed by atoms with Gasteiger partial charge in [-0.3, -0.25) is 0 Å². The molecule has 0 unspecified atom stereocenters. The third-order valence-electron chi connectivity index (χ3n) is 3.78. The number of para-hydroxylation sites is 1. The number of aliphatic hydroxyl groups is 1. The Morgan fingerprint density at radius 3 is 2.78 bits per heavy atom. The first kappa shape index (κ1) is 15.7. The lowest BCUT2D eigenvalue weighted by Crippen LogP contribution is -2.07. The second kappa shape index (κ2) is 6.14. The lowest BCUT2D eigenvalue weighted by Gasteiger charge is -2.05. The van der Waals surface area contributed by atoms with Crippen LogP contribution in [0.15, 0.2) is 24.3 Å². The second-order valence-corrected chi connectivity index (χ2v) is 6.61. The lowest BCUT2D eigenvalue weighted by molar-refractivity contribution is 0.0465. The molecule has 0 saturated carbocycles. The van der Waals surface area contributed by atoms with E-state index in [1.54, 1.807) is 13.8 Å². The van der Waals surface area contributed by atoms with E-state index < -0.39 is 12.1 Å². The molecule has 0 bridgehead atoms. The number of ether oxygens (including phenoxy) is 1. The molecule has 0 aliphatic carbocycles. The van der Waals surface area contributed by atoms with E-state index in [-0.39, 0.29) is 6.61 Å². The van der Waals surface area contributed by atoms with Crippen LogP contribution in [0, 0.1) is 13.8 Å². The number of aromatic amines is 1. The molecule has 2 N–H and O–H groups in total. The van der Waals surface area contributed by atoms with Crippen molar-refractivity contribution in [2.75, 3.05) is 0 Å². The smallest absolute Gasteiger partial charge is 0.355 e. The number of thiazole rings is 1. The van der Waals surface area contributed by atoms with Gasteiger partial charge in [0.05, 0.1) is 16.3 Å². The predicted octanol–water partition coefficient (Wildman–Crippen LogP) is 3.65. The minimum atomic E-state index is -0.628. The number of hydrogen-bond acceptors (Lipinski definition) is 5. The van der Waals surface area contributed by atoms with Crippen molar-refractivity contribution in [1.82, 2.24) is 9.97 Å². The van der Waals surface area contributed by atoms with Gasteiger partial charge >= 0.3 is 5.97 Å². The number of carbonyl (C=O) groups excluding carboxylic acids is 1. The zero-order valence-corrected chi connectivity index (χ0v) is 14.0. The van der Waals surface area contributed by atoms with Gasteiger partial charge in [0, 0.05) is 11.3 Å². The van der Waals surface area contributed by atoms with Crippen molar-refractivity contribution in [1.29, 1.82) is 0 Å². The number of carbonyl (C=O) groups is 1. The molecule has 120 valence electrons. The highest BCUT2D eigenvalue weighted by Crippen LogP contribution is 2.26. The predicted molar refractivity (Wildman–Crippen MR) is 89.6 cm³/mol. The molecule has 2 aromatic heterocycles. The molecule has 0 aliphatic heterocycles. The number of H-pyrrole nitrogens is 1. The molecule has 6 heteroatoms. The summed E-state index contributed by atoms with van der Waals surface area (Å²) in [6, 6.07) is 7.82. The zero-order valence-electron chi connectivity index (χ0n) is 13.2. The zero-order chi connectivity index (χ0) is 16.6. The highest BCUT2D eigenvalue weighted by atomic mass is 32.1. The molecule has 3 aromatic rings. The molecule has 2 heterocycles. The minimum absolute atomic E-state index is 0.139. The van der Waals surface area contributed by atoms with Gasteiger partial charge in [-0.25, -0.2) is 9.78 Å². The molecule has 5 nitrogen and oxygen atoms in total. The fraction of sp³-hybridized carbons (Fsp3) is 0.294. The van der Waals surface area contributed by atoms with E-state index in [0.717, 1.165) is 32.0 Å². The van der Waals surface area contributed by atoms with E-state index in [2.05, 4.69) is 9.97 Å². The number of hydrogen-bond donors (Lipinski definition) is 2. The van der Waals surface area contributed by atoms with Crippen molar-refractivity contribution in [3.63, 3.8) is 0 Å². The highest BCUT2D eigenvalue weighted by molar-refractivity contribution is 7.18. The number of nitrogens with one attached hydrogen (secondary N) is 1. The van der Waals surface area contributed by atoms with Gasteiger partial charge in [-0.05, 0) is 38.5 Å². The van der Waals surface area contributed by atoms with E-state index in [9.17, 15) is 9.90 Å². The molecule has 1 aromatic carbocycles. The van der Waals surface area contributed by atoms with Crippen LogP contribution in [0.4, 0.5) is 0 Å². The van der Waals surface area contributed by atoms with Crippen LogP contribution in [0.1, 0.15) is 45.3 Å². The van der Waals surface area contributed by atoms with Crippen molar-refractivity contribution >= 4 is 27.5 Å². The van der Waals surface area contributed by atoms with Gasteiger partial charge in [0.25, 0.3) is 0 Å². The average Bonchev–Trinajstić information content (AvgIpc) is 3.05. The summed E-state index contributed by atoms with van der Waals surface area (Å²) in [5.41, 5.74) is 3.56. The first-order chi connectivity index (χ1) is 11.0. The number of fused-ring (bicyclic) bond motifs is 1. The fourth-order valence-electron chi connectivity index (χ4n) is 2.78. The topological polar surface area (TPSA) is 75.2 Å². The Labute approximate surface area is 137 Å². The molecule has 0 fully saturated rings. The van der Waals surface area contributed by atoms with Crippen LogP contribution in [0.3, 0.4) is 0 Å². The lowest BCUT2D eigenvalue weighted by atomic mass is 10.1. The summed E-state index contributed by atoms with van der Waals surface area (Å²) < 4.78 is 6.44. The maximum Gasteiger partial charge on any atom is 0.355 e. The van der Waals surface area contributed by atoms with Gasteiger partial charge in [0.15, 0.2) is 0 Å². The van der Waals surface area contributed by atoms with Gasteiger partial charge in [0.1, 0.15) is 17.3 Å². The van der Waals surface area contributed by atoms with Gasteiger partial charge in [0.2, 0.25) is 0 Å². The third-order valence-corrected chi connectivity index (χ3v) is 4.79. The Bertz CT molecular complexity index is 831. The van der Waals surface area contributed by atoms with Crippen molar-refractivity contribution < 1.29 is 14.6 Å². The molecule has 0 radical (unpaired) electrons. The third kappa shape index (κ3) is 3.00. The summed E-state index contributed by atoms with van der Waals surface area (Å²) in [6.07, 6.45) is -0.628. The number of aryl methyl sites for hydroxylation is 1. The van der Waals surface area contributed by atoms with Crippen LogP contribution in [-0.2, 0) is 11.3 Å². The number of benzene rings is 1. The first-order valence-electron chi connectivity index (χ1n) is 7.36. The number of nitrogens with zero attached hydrogens (tertiary/aromatic N) is 1. The normalized spacial score (nSPS) is 12.5. The summed E-state index contributed by atoms with van der Waals surface area (Å²) in [6.45, 7) is 5.46. The molecule has 0 amide bonds. The number of aromatic nitrogens is 2. The van der Waals surface area contributed by atoms with E-state index in [1.807, 2.05) is 31.2 Å². The Balaban J connectivity index is 1.76. The second-order valence-electron chi connectivity index (χ2n) is 5.49. The maximum absolute atomic E-state index is 12.3. The van der Waals surface area contributed by atoms with Gasteiger partial charge in [-0.1, -0.05) is 12.1 Å². The van der Waals surface area contributed by atoms with Crippen LogP contribution < -0.4 is 0 Å². The van der Waals surface area contributed by atoms with Crippen molar-refractivity contribution in [3.05, 3.63) is 51.8 Å². The Kier molecular flexibility index (Phi) is 4.19. The van der Waals surface area contributed by atoms with Crippen LogP contribution in [0.5, 0.6) is 0 Å². The summed E-state index contributed by atoms with van der Waals surface area (Å²) in [5.74, 6) is -0.434. The van der Waals surface area contributed by atoms with E-state index >= 15 is 0 Å². The standard InChI is InChI=1S/C17H18N2O3S/c1-9-15(11(3)20)10(2)18-16(9)17(21)22-8-14-19-12-6-4-5-7-13(12)23-14/h4-7,11,18,20H,8H2,1-3H3/t11-/m1/s1. The molecule has 0 saturated heterocycles. The van der Waals surface area contributed by atoms with Gasteiger partial charge in [-0.15, -0.1) is 11.3 Å². The Morgan fingerprint density at radius 2 is 2.13 bits per heavy atom. The minimum Gasteiger partial charge on any atom is -0.454 e. The van der Waals surface area contributed by atoms with E-state index in [0.29, 0.717) is 5.69 Å². The quantitative estimate of drug-likeness (QED) is 0.716. The summed E-state index contributed by atoms with van der Waals surface area (Å²) >= 11 is 1.51. The van der Waals surface area contributed by atoms with Gasteiger partial charge < -0.3 is 14.8 Å². The van der Waals surface area contributed by atoms with E-state index in [1.165, 1.54) is 11.3 Å². The Hall–Kier alpha value is -2.18. The number of aliphatic hydroxyl groups excluding tert-OH is 1. The number of rotatable bonds is 4. The van der Waals surface area contributed by atoms with Crippen LogP contribution >= 0.6 is 11.3 Å². The van der Waals surface area contributed by atoms with E-state index in [4.69, 9.17) is 4.74 Å². The maximum atomic E-state index is 12.3. The molecule has 0 aliphatic rings. The van der Waals surface area contributed by atoms with Crippen LogP contribution in [0.2, 0.25) is 0 Å². The SMILES string of the molecule is Cc1[nH]c(C(=O)OCc2nc3ccccc3s2)c(C)c1[C@@H](C)O. The molecular formula is C17H18N2O3S. The first-order valence-corrected chi connectivity index (χ1v) is 8.17. The van der Waals surface area contributed by atoms with Crippen molar-refractivity contribution in [2.24, 2.45) is 0 Å². The molecule has 1 atom stereocenters. The van der Waals surface area contributed by atoms with Gasteiger partial charge in [-0.2, -0.15) is 0 Å². The largest absolute Gasteiger partial charge is 0.454 e. The molecule has 3 rings (SSSR count). The molecule has 0 spiro atoms. The fourth-order valence-corrected chi connectivity index (χ4v) is 3.66. The molecule has 23 heavy (non-hydrogen) atoms. The van der Waals surface area contributed by atoms with Crippen molar-refractivity contribution in [2.45, 2.75) is 33.5 Å². The van der Waals surface area contributed by atoms with Crippen molar-refractivity contribution in [3.8, 4) is 0 Å². The summed E-state index contributed by atoms with van der Waals surface area (Å²) in [5, 5.41) is 10.5. The monoisotopic (exact) mass is 330 g/mol. The average molecular weight is 330 g/mol. The summed E-state index contributed by atoms with van der Waals surface area (Å²) in [4.78, 5) is 19.7. The summed E-state index contributed by atoms with van der Waals surface area (Å²) in [7, 11) is 0. The Morgan fingerprint density at radius 1 is 1.39 bits per heavy atom. The molecular weight excluding hydrogens is 312 g/mol.